The molecule has 1 aliphatic carbocycles. The van der Waals surface area contributed by atoms with Crippen molar-refractivity contribution in [1.29, 1.82) is 0 Å². The molecule has 7 nitrogen and oxygen atoms in total. The summed E-state index contributed by atoms with van der Waals surface area (Å²) in [6.07, 6.45) is 5.88. The predicted molar refractivity (Wildman–Crippen MR) is 122 cm³/mol. The second-order valence-corrected chi connectivity index (χ2v) is 8.92. The Morgan fingerprint density at radius 3 is 2.74 bits per heavy atom. The number of anilines is 1. The fourth-order valence-corrected chi connectivity index (χ4v) is 4.50. The van der Waals surface area contributed by atoms with Crippen LogP contribution >= 0.6 is 0 Å². The molecule has 6 rings (SSSR count). The molecule has 2 N–H and O–H groups in total. The number of nitrogens with one attached hydrogen (secondary N) is 1. The van der Waals surface area contributed by atoms with Crippen LogP contribution in [0, 0.1) is 5.92 Å². The van der Waals surface area contributed by atoms with Crippen LogP contribution in [-0.2, 0) is 7.05 Å². The second kappa shape index (κ2) is 7.20. The van der Waals surface area contributed by atoms with Gasteiger partial charge in [0, 0.05) is 49.4 Å². The number of hydrogen-bond donors (Lipinski definition) is 2. The molecule has 4 heterocycles. The Morgan fingerprint density at radius 2 is 1.87 bits per heavy atom. The molecule has 1 aromatic carbocycles. The van der Waals surface area contributed by atoms with Crippen LogP contribution in [0.25, 0.3) is 33.2 Å². The van der Waals surface area contributed by atoms with E-state index in [1.807, 2.05) is 37.5 Å². The van der Waals surface area contributed by atoms with Gasteiger partial charge >= 0.3 is 0 Å². The molecule has 158 valence electrons. The molecule has 0 spiro atoms. The lowest BCUT2D eigenvalue weighted by Crippen LogP contribution is -2.34. The molecule has 0 amide bonds. The van der Waals surface area contributed by atoms with Gasteiger partial charge in [-0.25, -0.2) is 9.97 Å². The molecular formula is C24H26N6O. The van der Waals surface area contributed by atoms with Crippen LogP contribution in [0.1, 0.15) is 19.3 Å². The number of aryl methyl sites for hydroxylation is 1. The first-order chi connectivity index (χ1) is 15.1. The summed E-state index contributed by atoms with van der Waals surface area (Å²) < 4.78 is 1.75. The van der Waals surface area contributed by atoms with Crippen LogP contribution in [0.15, 0.2) is 42.6 Å². The van der Waals surface area contributed by atoms with Crippen molar-refractivity contribution in [2.75, 3.05) is 24.5 Å². The van der Waals surface area contributed by atoms with Crippen molar-refractivity contribution in [3.63, 3.8) is 0 Å². The van der Waals surface area contributed by atoms with Gasteiger partial charge in [-0.2, -0.15) is 5.10 Å². The first-order valence-corrected chi connectivity index (χ1v) is 11.1. The number of hydrogen-bond acceptors (Lipinski definition) is 6. The van der Waals surface area contributed by atoms with Gasteiger partial charge in [0.15, 0.2) is 0 Å². The summed E-state index contributed by atoms with van der Waals surface area (Å²) in [6.45, 7) is 3.20. The number of phenolic OH excluding ortho intramolecular Hbond substituents is 1. The number of rotatable bonds is 5. The predicted octanol–water partition coefficient (Wildman–Crippen LogP) is 3.47. The highest BCUT2D eigenvalue weighted by molar-refractivity contribution is 5.88. The molecule has 1 aliphatic heterocycles. The van der Waals surface area contributed by atoms with Gasteiger partial charge in [-0.05, 0) is 62.1 Å². The largest absolute Gasteiger partial charge is 0.507 e. The van der Waals surface area contributed by atoms with E-state index >= 15 is 0 Å². The maximum absolute atomic E-state index is 10.5. The molecular weight excluding hydrogens is 388 g/mol. The minimum absolute atomic E-state index is 0.185. The quantitative estimate of drug-likeness (QED) is 0.521. The van der Waals surface area contributed by atoms with Crippen molar-refractivity contribution in [3.8, 4) is 17.0 Å². The Bertz CT molecular complexity index is 1280. The molecule has 31 heavy (non-hydrogen) atoms. The molecule has 2 fully saturated rings. The zero-order valence-electron chi connectivity index (χ0n) is 17.6. The third-order valence-corrected chi connectivity index (χ3v) is 6.44. The van der Waals surface area contributed by atoms with E-state index in [0.717, 1.165) is 59.0 Å². The summed E-state index contributed by atoms with van der Waals surface area (Å²) in [5, 5.41) is 19.6. The summed E-state index contributed by atoms with van der Waals surface area (Å²) in [4.78, 5) is 12.0. The molecule has 3 aromatic heterocycles. The average Bonchev–Trinajstić information content (AvgIpc) is 3.35. The lowest BCUT2D eigenvalue weighted by Gasteiger charge is -2.18. The van der Waals surface area contributed by atoms with E-state index in [1.165, 1.54) is 19.3 Å². The van der Waals surface area contributed by atoms with Crippen molar-refractivity contribution >= 4 is 27.8 Å². The molecule has 0 radical (unpaired) electrons. The monoisotopic (exact) mass is 414 g/mol. The summed E-state index contributed by atoms with van der Waals surface area (Å²) in [5.74, 6) is 2.10. The highest BCUT2D eigenvalue weighted by atomic mass is 16.3. The standard InChI is InChI=1S/C24H26N6O/c1-29-13-16-10-18(23(31)11-22(16)28-29)19-4-5-21-20(26-19)6-7-24(27-21)30-9-8-17(14-30)25-12-15-2-3-15/h4-7,10-11,13,15,17,25,31H,2-3,8-9,12,14H2,1H3. The Hall–Kier alpha value is -3.19. The van der Waals surface area contributed by atoms with Crippen molar-refractivity contribution in [2.45, 2.75) is 25.3 Å². The van der Waals surface area contributed by atoms with Gasteiger partial charge in [-0.3, -0.25) is 4.68 Å². The van der Waals surface area contributed by atoms with Crippen LogP contribution in [0.2, 0.25) is 0 Å². The van der Waals surface area contributed by atoms with Crippen LogP contribution < -0.4 is 10.2 Å². The van der Waals surface area contributed by atoms with Gasteiger partial charge < -0.3 is 15.3 Å². The number of aromatic nitrogens is 4. The van der Waals surface area contributed by atoms with Crippen LogP contribution in [-0.4, -0.2) is 50.5 Å². The fourth-order valence-electron chi connectivity index (χ4n) is 4.50. The van der Waals surface area contributed by atoms with Gasteiger partial charge in [0.2, 0.25) is 0 Å². The maximum atomic E-state index is 10.5. The summed E-state index contributed by atoms with van der Waals surface area (Å²) in [5.41, 5.74) is 3.91. The van der Waals surface area contributed by atoms with Gasteiger partial charge in [0.05, 0.1) is 22.2 Å². The number of fused-ring (bicyclic) bond motifs is 2. The number of nitrogens with zero attached hydrogens (tertiary/aromatic N) is 5. The van der Waals surface area contributed by atoms with E-state index in [-0.39, 0.29) is 5.75 Å². The average molecular weight is 415 g/mol. The topological polar surface area (TPSA) is 79.1 Å². The molecule has 0 bridgehead atoms. The van der Waals surface area contributed by atoms with E-state index < -0.39 is 0 Å². The van der Waals surface area contributed by atoms with Crippen molar-refractivity contribution in [2.24, 2.45) is 13.0 Å². The lowest BCUT2D eigenvalue weighted by atomic mass is 10.1. The summed E-state index contributed by atoms with van der Waals surface area (Å²) in [7, 11) is 1.88. The zero-order valence-corrected chi connectivity index (χ0v) is 17.6. The highest BCUT2D eigenvalue weighted by Gasteiger charge is 2.27. The minimum atomic E-state index is 0.185. The van der Waals surface area contributed by atoms with Crippen LogP contribution in [0.5, 0.6) is 5.75 Å². The molecule has 2 aliphatic rings. The van der Waals surface area contributed by atoms with E-state index in [0.29, 0.717) is 11.6 Å². The van der Waals surface area contributed by atoms with E-state index in [9.17, 15) is 5.11 Å². The van der Waals surface area contributed by atoms with Gasteiger partial charge in [0.1, 0.15) is 11.6 Å². The second-order valence-electron chi connectivity index (χ2n) is 8.92. The SMILES string of the molecule is Cn1cc2cc(-c3ccc4nc(N5CCC(NCC6CC6)C5)ccc4n3)c(O)cc2n1. The highest BCUT2D eigenvalue weighted by Crippen LogP contribution is 2.33. The summed E-state index contributed by atoms with van der Waals surface area (Å²) >= 11 is 0. The minimum Gasteiger partial charge on any atom is -0.507 e. The zero-order chi connectivity index (χ0) is 20.9. The van der Waals surface area contributed by atoms with Crippen LogP contribution in [0.4, 0.5) is 5.82 Å². The van der Waals surface area contributed by atoms with Crippen molar-refractivity contribution in [3.05, 3.63) is 42.6 Å². The molecule has 1 saturated carbocycles. The maximum Gasteiger partial charge on any atom is 0.129 e. The van der Waals surface area contributed by atoms with Crippen molar-refractivity contribution < 1.29 is 5.11 Å². The number of phenols is 1. The lowest BCUT2D eigenvalue weighted by molar-refractivity contribution is 0.478. The Labute approximate surface area is 180 Å². The Kier molecular flexibility index (Phi) is 4.31. The molecule has 1 atom stereocenters. The molecule has 7 heteroatoms. The normalized spacial score (nSPS) is 19.0. The van der Waals surface area contributed by atoms with Crippen molar-refractivity contribution in [1.82, 2.24) is 25.1 Å². The Morgan fingerprint density at radius 1 is 1.03 bits per heavy atom. The summed E-state index contributed by atoms with van der Waals surface area (Å²) in [6, 6.07) is 12.2. The Balaban J connectivity index is 1.25. The third kappa shape index (κ3) is 3.59. The van der Waals surface area contributed by atoms with Gasteiger partial charge in [-0.1, -0.05) is 0 Å². The number of aromatic hydroxyl groups is 1. The van der Waals surface area contributed by atoms with Crippen LogP contribution in [0.3, 0.4) is 0 Å². The van der Waals surface area contributed by atoms with E-state index in [2.05, 4.69) is 21.4 Å². The van der Waals surface area contributed by atoms with E-state index in [1.54, 1.807) is 10.7 Å². The molecule has 1 unspecified atom stereocenters. The molecule has 1 saturated heterocycles. The fraction of sp³-hybridized carbons (Fsp3) is 0.375. The van der Waals surface area contributed by atoms with Gasteiger partial charge in [0.25, 0.3) is 0 Å². The number of benzene rings is 1. The first-order valence-electron chi connectivity index (χ1n) is 11.1. The van der Waals surface area contributed by atoms with E-state index in [4.69, 9.17) is 9.97 Å². The smallest absolute Gasteiger partial charge is 0.129 e. The number of pyridine rings is 2. The van der Waals surface area contributed by atoms with Gasteiger partial charge in [-0.15, -0.1) is 0 Å². The third-order valence-electron chi connectivity index (χ3n) is 6.44. The first kappa shape index (κ1) is 18.6. The molecule has 4 aromatic rings.